The molecule has 0 radical (unpaired) electrons. The number of nitrogens with one attached hydrogen (secondary N) is 2. The summed E-state index contributed by atoms with van der Waals surface area (Å²) >= 11 is 0. The molecule has 3 aromatic rings. The Morgan fingerprint density at radius 1 is 1.09 bits per heavy atom. The highest BCUT2D eigenvalue weighted by Crippen LogP contribution is 2.13. The molecule has 0 aliphatic carbocycles. The van der Waals surface area contributed by atoms with E-state index in [-0.39, 0.29) is 23.1 Å². The summed E-state index contributed by atoms with van der Waals surface area (Å²) in [5.74, 6) is -2.18. The summed E-state index contributed by atoms with van der Waals surface area (Å²) in [5.41, 5.74) is 0.437. The number of carbonyl (C=O) groups excluding carboxylic acids is 3. The van der Waals surface area contributed by atoms with E-state index in [1.165, 1.54) is 26.2 Å². The van der Waals surface area contributed by atoms with Crippen LogP contribution >= 0.6 is 0 Å². The van der Waals surface area contributed by atoms with Crippen molar-refractivity contribution < 1.29 is 23.5 Å². The zero-order valence-corrected chi connectivity index (χ0v) is 17.5. The van der Waals surface area contributed by atoms with Crippen molar-refractivity contribution >= 4 is 28.8 Å². The monoisotopic (exact) mass is 438 g/mol. The number of hydrogen-bond donors (Lipinski definition) is 2. The number of ether oxygens (including phenoxy) is 1. The Kier molecular flexibility index (Phi) is 6.83. The highest BCUT2D eigenvalue weighted by molar-refractivity contribution is 5.96. The Hall–Kier alpha value is -4.21. The van der Waals surface area contributed by atoms with Crippen molar-refractivity contribution in [3.05, 3.63) is 81.7 Å². The van der Waals surface area contributed by atoms with Crippen LogP contribution in [-0.2, 0) is 20.7 Å². The van der Waals surface area contributed by atoms with Gasteiger partial charge < -0.3 is 25.3 Å². The molecule has 0 saturated heterocycles. The molecule has 32 heavy (non-hydrogen) atoms. The van der Waals surface area contributed by atoms with Gasteiger partial charge in [0.2, 0.25) is 5.91 Å². The summed E-state index contributed by atoms with van der Waals surface area (Å²) in [5, 5.41) is 17.3. The molecule has 0 fully saturated rings. The Labute approximate surface area is 183 Å². The van der Waals surface area contributed by atoms with Crippen LogP contribution in [0.1, 0.15) is 21.7 Å². The Bertz CT molecular complexity index is 1220. The fraction of sp³-hybridized carbons (Fsp3) is 0.227. The fourth-order valence-electron chi connectivity index (χ4n) is 3.28. The normalized spacial score (nSPS) is 11.6. The second-order valence-corrected chi connectivity index (χ2v) is 7.03. The van der Waals surface area contributed by atoms with Crippen LogP contribution in [0, 0.1) is 17.0 Å². The molecule has 0 saturated carbocycles. The molecule has 1 unspecified atom stereocenters. The predicted molar refractivity (Wildman–Crippen MR) is 115 cm³/mol. The minimum Gasteiger partial charge on any atom is -0.805 e. The predicted octanol–water partition coefficient (Wildman–Crippen LogP) is 0.840. The van der Waals surface area contributed by atoms with Gasteiger partial charge >= 0.3 is 17.6 Å². The number of carbonyl (C=O) groups is 3. The molecule has 2 amide bonds. The lowest BCUT2D eigenvalue weighted by Gasteiger charge is -2.17. The lowest BCUT2D eigenvalue weighted by molar-refractivity contribution is -0.468. The van der Waals surface area contributed by atoms with Crippen molar-refractivity contribution in [2.24, 2.45) is 0 Å². The van der Waals surface area contributed by atoms with E-state index >= 15 is 0 Å². The molecule has 0 bridgehead atoms. The quantitative estimate of drug-likeness (QED) is 0.415. The number of aromatic nitrogens is 2. The van der Waals surface area contributed by atoms with Gasteiger partial charge in [-0.15, -0.1) is 0 Å². The molecule has 10 heteroatoms. The highest BCUT2D eigenvalue weighted by atomic mass is 16.5. The minimum atomic E-state index is -0.956. The first-order valence-corrected chi connectivity index (χ1v) is 9.77. The van der Waals surface area contributed by atoms with E-state index in [1.807, 2.05) is 6.07 Å². The molecular formula is C22H22N4O6. The van der Waals surface area contributed by atoms with Crippen molar-refractivity contribution in [1.82, 2.24) is 15.4 Å². The summed E-state index contributed by atoms with van der Waals surface area (Å²) in [6.07, 6.45) is 0.202. The smallest absolute Gasteiger partial charge is 0.346 e. The van der Waals surface area contributed by atoms with E-state index in [9.17, 15) is 24.5 Å². The summed E-state index contributed by atoms with van der Waals surface area (Å²) < 4.78 is 5.59. The number of benzene rings is 2. The number of rotatable bonds is 7. The van der Waals surface area contributed by atoms with Crippen LogP contribution in [0.5, 0.6) is 0 Å². The van der Waals surface area contributed by atoms with Gasteiger partial charge in [0.1, 0.15) is 11.6 Å². The molecule has 1 heterocycles. The van der Waals surface area contributed by atoms with Crippen LogP contribution in [0.2, 0.25) is 0 Å². The topological polar surface area (TPSA) is 135 Å². The van der Waals surface area contributed by atoms with Crippen LogP contribution in [-0.4, -0.2) is 42.2 Å². The molecule has 2 N–H and O–H groups in total. The van der Waals surface area contributed by atoms with E-state index in [2.05, 4.69) is 10.6 Å². The summed E-state index contributed by atoms with van der Waals surface area (Å²) in [7, 11) is 1.21. The molecule has 10 nitrogen and oxygen atoms in total. The van der Waals surface area contributed by atoms with Crippen LogP contribution in [0.3, 0.4) is 0 Å². The largest absolute Gasteiger partial charge is 0.805 e. The number of methoxy groups -OCH3 is 1. The number of hydrogen-bond acceptors (Lipinski definition) is 6. The lowest BCUT2D eigenvalue weighted by Crippen LogP contribution is -2.48. The van der Waals surface area contributed by atoms with Gasteiger partial charge in [-0.1, -0.05) is 42.5 Å². The number of nitrogens with zero attached hydrogens (tertiary/aromatic N) is 2. The lowest BCUT2D eigenvalue weighted by atomic mass is 10.1. The van der Waals surface area contributed by atoms with Gasteiger partial charge in [-0.2, -0.15) is 0 Å². The maximum Gasteiger partial charge on any atom is 0.346 e. The molecular weight excluding hydrogens is 416 g/mol. The number of fused-ring (bicyclic) bond motifs is 1. The molecule has 0 aliphatic rings. The van der Waals surface area contributed by atoms with Gasteiger partial charge in [0, 0.05) is 17.4 Å². The third-order valence-electron chi connectivity index (χ3n) is 4.90. The maximum absolute atomic E-state index is 12.6. The molecule has 166 valence electrons. The third kappa shape index (κ3) is 4.75. The molecule has 0 spiro atoms. The van der Waals surface area contributed by atoms with Gasteiger partial charge in [0.05, 0.1) is 23.8 Å². The number of esters is 1. The van der Waals surface area contributed by atoms with Crippen LogP contribution in [0.4, 0.5) is 0 Å². The van der Waals surface area contributed by atoms with E-state index in [4.69, 9.17) is 4.74 Å². The van der Waals surface area contributed by atoms with Gasteiger partial charge in [-0.05, 0) is 18.6 Å². The fourth-order valence-corrected chi connectivity index (χ4v) is 3.28. The molecule has 1 aromatic heterocycles. The number of amides is 2. The maximum atomic E-state index is 12.6. The van der Waals surface area contributed by atoms with E-state index in [1.54, 1.807) is 36.4 Å². The molecule has 2 aromatic carbocycles. The summed E-state index contributed by atoms with van der Waals surface area (Å²) in [6, 6.07) is 14.2. The third-order valence-corrected chi connectivity index (χ3v) is 4.90. The van der Waals surface area contributed by atoms with Gasteiger partial charge in [0.15, 0.2) is 0 Å². The Morgan fingerprint density at radius 2 is 1.75 bits per heavy atom. The first-order chi connectivity index (χ1) is 15.3. The average molecular weight is 438 g/mol. The zero-order chi connectivity index (χ0) is 23.3. The SMILES string of the molecule is COC(=O)C(Cc1ccccc1)NC(=O)CNC(=O)c1c(C)n([O-])c2ccccc2[n+]1=O. The molecule has 3 rings (SSSR count). The second-order valence-electron chi connectivity index (χ2n) is 7.03. The van der Waals surface area contributed by atoms with E-state index in [0.29, 0.717) is 9.16 Å². The Balaban J connectivity index is 1.72. The van der Waals surface area contributed by atoms with Crippen molar-refractivity contribution in [2.75, 3.05) is 13.7 Å². The summed E-state index contributed by atoms with van der Waals surface area (Å²) in [4.78, 5) is 49.7. The van der Waals surface area contributed by atoms with Crippen LogP contribution < -0.4 is 15.1 Å². The zero-order valence-electron chi connectivity index (χ0n) is 17.5. The van der Waals surface area contributed by atoms with Gasteiger partial charge in [-0.3, -0.25) is 9.59 Å². The molecule has 1 atom stereocenters. The van der Waals surface area contributed by atoms with Gasteiger partial charge in [0.25, 0.3) is 5.52 Å². The van der Waals surface area contributed by atoms with E-state index in [0.717, 1.165) is 5.56 Å². The van der Waals surface area contributed by atoms with Crippen molar-refractivity contribution in [1.29, 1.82) is 0 Å². The first-order valence-electron chi connectivity index (χ1n) is 9.77. The Morgan fingerprint density at radius 3 is 2.44 bits per heavy atom. The van der Waals surface area contributed by atoms with Crippen molar-refractivity contribution in [3.8, 4) is 0 Å². The minimum absolute atomic E-state index is 0.0244. The summed E-state index contributed by atoms with van der Waals surface area (Å²) in [6.45, 7) is 0.836. The number of para-hydroxylation sites is 2. The van der Waals surface area contributed by atoms with Crippen LogP contribution in [0.15, 0.2) is 54.6 Å². The first kappa shape index (κ1) is 22.5. The molecule has 0 aliphatic heterocycles. The second kappa shape index (κ2) is 9.73. The van der Waals surface area contributed by atoms with Crippen LogP contribution in [0.25, 0.3) is 11.0 Å². The van der Waals surface area contributed by atoms with Gasteiger partial charge in [-0.25, -0.2) is 4.79 Å². The van der Waals surface area contributed by atoms with E-state index < -0.39 is 36.1 Å². The van der Waals surface area contributed by atoms with Crippen molar-refractivity contribution in [2.45, 2.75) is 19.4 Å². The average Bonchev–Trinajstić information content (AvgIpc) is 2.81. The standard InChI is InChI=1S/C22H22N4O6/c1-14-20(26(31)18-11-7-6-10-17(18)25(14)30)21(28)23-13-19(27)24-16(22(29)32-2)12-15-8-4-3-5-9-15/h3-11,16H,12-13H2,1-2H3,(H,23,28)(H,24,27). The van der Waals surface area contributed by atoms with Crippen molar-refractivity contribution in [3.63, 3.8) is 0 Å². The highest BCUT2D eigenvalue weighted by Gasteiger charge is 2.28.